The molecule has 2 aromatic carbocycles. The van der Waals surface area contributed by atoms with E-state index in [9.17, 15) is 0 Å². The van der Waals surface area contributed by atoms with Crippen molar-refractivity contribution in [1.82, 2.24) is 0 Å². The van der Waals surface area contributed by atoms with E-state index in [0.29, 0.717) is 0 Å². The second kappa shape index (κ2) is 4.81. The van der Waals surface area contributed by atoms with Crippen molar-refractivity contribution < 1.29 is 0 Å². The maximum absolute atomic E-state index is 2.33. The summed E-state index contributed by atoms with van der Waals surface area (Å²) in [5.41, 5.74) is 0. The van der Waals surface area contributed by atoms with Gasteiger partial charge in [-0.15, -0.1) is 0 Å². The van der Waals surface area contributed by atoms with Gasteiger partial charge in [-0.1, -0.05) is 68.5 Å². The molecule has 0 atom stereocenters. The SMILES string of the molecule is c1ccc(P2(c3ccccc3)=PCCC2)cc1. The molecular weight excluding hydrogens is 242 g/mol. The van der Waals surface area contributed by atoms with Crippen LogP contribution in [0, 0.1) is 0 Å². The van der Waals surface area contributed by atoms with Crippen molar-refractivity contribution in [3.63, 3.8) is 0 Å². The average molecular weight is 258 g/mol. The van der Waals surface area contributed by atoms with Crippen molar-refractivity contribution in [1.29, 1.82) is 0 Å². The molecule has 3 rings (SSSR count). The Balaban J connectivity index is 2.19. The van der Waals surface area contributed by atoms with Gasteiger partial charge in [0.05, 0.1) is 0 Å². The molecule has 0 radical (unpaired) electrons. The maximum atomic E-state index is 2.33. The van der Waals surface area contributed by atoms with Crippen LogP contribution >= 0.6 is 14.4 Å². The van der Waals surface area contributed by atoms with Crippen LogP contribution in [0.15, 0.2) is 60.7 Å². The molecule has 1 aliphatic heterocycles. The summed E-state index contributed by atoms with van der Waals surface area (Å²) in [6, 6.07) is 22.3. The molecule has 86 valence electrons. The molecule has 0 N–H and O–H groups in total. The van der Waals surface area contributed by atoms with E-state index in [1.165, 1.54) is 18.7 Å². The molecule has 1 heterocycles. The van der Waals surface area contributed by atoms with Crippen LogP contribution in [0.3, 0.4) is 0 Å². The zero-order chi connectivity index (χ0) is 11.6. The first-order valence-electron chi connectivity index (χ1n) is 6.10. The zero-order valence-corrected chi connectivity index (χ0v) is 11.6. The van der Waals surface area contributed by atoms with Gasteiger partial charge in [0.25, 0.3) is 0 Å². The van der Waals surface area contributed by atoms with E-state index in [1.807, 2.05) is 0 Å². The van der Waals surface area contributed by atoms with Gasteiger partial charge in [0, 0.05) is 0 Å². The van der Waals surface area contributed by atoms with Gasteiger partial charge in [0.1, 0.15) is 0 Å². The Morgan fingerprint density at radius 1 is 0.765 bits per heavy atom. The number of rotatable bonds is 2. The molecule has 0 saturated carbocycles. The monoisotopic (exact) mass is 258 g/mol. The maximum Gasteiger partial charge on any atom is -0.00981 e. The van der Waals surface area contributed by atoms with Gasteiger partial charge in [-0.25, -0.2) is 0 Å². The lowest BCUT2D eigenvalue weighted by molar-refractivity contribution is 1.13. The molecule has 2 heteroatoms. The Kier molecular flexibility index (Phi) is 3.19. The molecule has 0 unspecified atom stereocenters. The minimum atomic E-state index is -1.08. The van der Waals surface area contributed by atoms with Crippen molar-refractivity contribution in [2.75, 3.05) is 12.3 Å². The Morgan fingerprint density at radius 3 is 1.71 bits per heavy atom. The summed E-state index contributed by atoms with van der Waals surface area (Å²) in [6.07, 6.45) is 4.15. The minimum Gasteiger partial charge on any atom is -0.0993 e. The van der Waals surface area contributed by atoms with E-state index >= 15 is 0 Å². The average Bonchev–Trinajstić information content (AvgIpc) is 2.91. The first kappa shape index (κ1) is 11.3. The van der Waals surface area contributed by atoms with Gasteiger partial charge in [0.15, 0.2) is 0 Å². The van der Waals surface area contributed by atoms with Gasteiger partial charge in [-0.3, -0.25) is 0 Å². The van der Waals surface area contributed by atoms with Crippen LogP contribution in [0.25, 0.3) is 0 Å². The molecule has 1 aliphatic rings. The minimum absolute atomic E-state index is 1.08. The first-order valence-corrected chi connectivity index (χ1v) is 9.86. The number of benzene rings is 2. The molecule has 0 aliphatic carbocycles. The summed E-state index contributed by atoms with van der Waals surface area (Å²) in [5.74, 6) is 0. The van der Waals surface area contributed by atoms with Crippen molar-refractivity contribution in [3.05, 3.63) is 60.7 Å². The quantitative estimate of drug-likeness (QED) is 0.716. The van der Waals surface area contributed by atoms with Gasteiger partial charge in [0.2, 0.25) is 0 Å². The van der Waals surface area contributed by atoms with E-state index in [2.05, 4.69) is 60.7 Å². The Labute approximate surface area is 105 Å². The normalized spacial score (nSPS) is 18.6. The van der Waals surface area contributed by atoms with Gasteiger partial charge < -0.3 is 0 Å². The van der Waals surface area contributed by atoms with E-state index in [1.54, 1.807) is 18.5 Å². The second-order valence-electron chi connectivity index (χ2n) is 4.38. The molecule has 0 nitrogen and oxygen atoms in total. The van der Waals surface area contributed by atoms with Gasteiger partial charge in [-0.05, 0) is 35.9 Å². The standard InChI is InChI=1S/C15H16P2/c1-3-8-14(9-4-1)17(13-7-12-16-17)15-10-5-2-6-11-15/h1-6,8-11H,7,12-13H2. The fourth-order valence-corrected chi connectivity index (χ4v) is 10.7. The first-order chi connectivity index (χ1) is 8.42. The summed E-state index contributed by atoms with van der Waals surface area (Å²) < 4.78 is 0. The molecular formula is C15H16P2. The van der Waals surface area contributed by atoms with Crippen LogP contribution in [0.2, 0.25) is 0 Å². The summed E-state index contributed by atoms with van der Waals surface area (Å²) in [4.78, 5) is 0. The molecule has 0 saturated heterocycles. The van der Waals surface area contributed by atoms with Crippen molar-refractivity contribution in [3.8, 4) is 0 Å². The van der Waals surface area contributed by atoms with Crippen molar-refractivity contribution in [2.24, 2.45) is 0 Å². The highest BCUT2D eigenvalue weighted by Crippen LogP contribution is 2.59. The highest BCUT2D eigenvalue weighted by Gasteiger charge is 2.25. The summed E-state index contributed by atoms with van der Waals surface area (Å²) in [5, 5.41) is 3.18. The number of hydrogen-bond acceptors (Lipinski definition) is 0. The lowest BCUT2D eigenvalue weighted by Crippen LogP contribution is -2.15. The molecule has 0 amide bonds. The van der Waals surface area contributed by atoms with E-state index in [-0.39, 0.29) is 0 Å². The summed E-state index contributed by atoms with van der Waals surface area (Å²) in [6.45, 7) is -1.08. The van der Waals surface area contributed by atoms with E-state index < -0.39 is 6.55 Å². The largest absolute Gasteiger partial charge is 0.0993 e. The van der Waals surface area contributed by atoms with Gasteiger partial charge in [-0.2, -0.15) is 0 Å². The highest BCUT2D eigenvalue weighted by atomic mass is 31.8. The lowest BCUT2D eigenvalue weighted by Gasteiger charge is -2.22. The summed E-state index contributed by atoms with van der Waals surface area (Å²) in [7, 11) is 1.67. The Morgan fingerprint density at radius 2 is 1.29 bits per heavy atom. The predicted molar refractivity (Wildman–Crippen MR) is 80.3 cm³/mol. The molecule has 2 aromatic rings. The van der Waals surface area contributed by atoms with Crippen LogP contribution < -0.4 is 10.6 Å². The molecule has 0 spiro atoms. The molecule has 0 aromatic heterocycles. The van der Waals surface area contributed by atoms with Crippen LogP contribution in [0.5, 0.6) is 0 Å². The zero-order valence-electron chi connectivity index (χ0n) is 9.79. The van der Waals surface area contributed by atoms with Crippen molar-refractivity contribution in [2.45, 2.75) is 6.42 Å². The molecule has 0 fully saturated rings. The third-order valence-electron chi connectivity index (χ3n) is 3.35. The summed E-state index contributed by atoms with van der Waals surface area (Å²) >= 11 is 0. The van der Waals surface area contributed by atoms with Gasteiger partial charge >= 0.3 is 0 Å². The fourth-order valence-electron chi connectivity index (χ4n) is 2.53. The van der Waals surface area contributed by atoms with Crippen LogP contribution in [-0.4, -0.2) is 12.3 Å². The Bertz CT molecular complexity index is 500. The number of hydrogen-bond donors (Lipinski definition) is 0. The van der Waals surface area contributed by atoms with E-state index in [0.717, 1.165) is 0 Å². The predicted octanol–water partition coefficient (Wildman–Crippen LogP) is 3.92. The lowest BCUT2D eigenvalue weighted by atomic mass is 10.4. The van der Waals surface area contributed by atoms with E-state index in [4.69, 9.17) is 0 Å². The Hall–Kier alpha value is -0.830. The van der Waals surface area contributed by atoms with Crippen LogP contribution in [0.4, 0.5) is 0 Å². The van der Waals surface area contributed by atoms with Crippen molar-refractivity contribution >= 4 is 25.0 Å². The third-order valence-corrected chi connectivity index (χ3v) is 11.6. The van der Waals surface area contributed by atoms with Crippen LogP contribution in [-0.2, 0) is 0 Å². The van der Waals surface area contributed by atoms with Crippen LogP contribution in [0.1, 0.15) is 6.42 Å². The third kappa shape index (κ3) is 2.01. The molecule has 17 heavy (non-hydrogen) atoms. The highest BCUT2D eigenvalue weighted by molar-refractivity contribution is 8.14. The second-order valence-corrected chi connectivity index (χ2v) is 11.0. The fraction of sp³-hybridized carbons (Fsp3) is 0.200. The smallest absolute Gasteiger partial charge is 0.00981 e. The molecule has 0 bridgehead atoms. The topological polar surface area (TPSA) is 0 Å².